The van der Waals surface area contributed by atoms with Crippen LogP contribution in [0.2, 0.25) is 0 Å². The van der Waals surface area contributed by atoms with E-state index in [0.717, 1.165) is 33.1 Å². The van der Waals surface area contributed by atoms with Gasteiger partial charge in [-0.3, -0.25) is 0 Å². The van der Waals surface area contributed by atoms with Crippen LogP contribution in [0.25, 0.3) is 110 Å². The van der Waals surface area contributed by atoms with E-state index in [9.17, 15) is 0 Å². The lowest BCUT2D eigenvalue weighted by Crippen LogP contribution is -1.92. The summed E-state index contributed by atoms with van der Waals surface area (Å²) in [4.78, 5) is 0. The highest BCUT2D eigenvalue weighted by Crippen LogP contribution is 2.47. The SMILES string of the molecule is c1ccc(-c2cccc3c2oc2ccc(-c4c5ccccc5c(-c5ccc(-c6ccc7ccccc7c6)c6ccccc56)c5ccccc45)cc23)cc1. The van der Waals surface area contributed by atoms with Crippen molar-refractivity contribution in [2.75, 3.05) is 0 Å². The maximum atomic E-state index is 6.58. The summed E-state index contributed by atoms with van der Waals surface area (Å²) in [6.07, 6.45) is 0. The van der Waals surface area contributed by atoms with Crippen molar-refractivity contribution in [3.8, 4) is 44.5 Å². The Morgan fingerprint density at radius 1 is 0.264 bits per heavy atom. The smallest absolute Gasteiger partial charge is 0.143 e. The minimum Gasteiger partial charge on any atom is -0.455 e. The molecule has 0 spiro atoms. The van der Waals surface area contributed by atoms with Crippen LogP contribution in [-0.2, 0) is 0 Å². The van der Waals surface area contributed by atoms with Gasteiger partial charge in [-0.1, -0.05) is 176 Å². The summed E-state index contributed by atoms with van der Waals surface area (Å²) < 4.78 is 6.58. The molecule has 11 aromatic rings. The first-order valence-corrected chi connectivity index (χ1v) is 18.3. The van der Waals surface area contributed by atoms with Crippen molar-refractivity contribution in [3.63, 3.8) is 0 Å². The maximum Gasteiger partial charge on any atom is 0.143 e. The van der Waals surface area contributed by atoms with Gasteiger partial charge in [-0.2, -0.15) is 0 Å². The molecule has 246 valence electrons. The van der Waals surface area contributed by atoms with Crippen LogP contribution in [0, 0.1) is 0 Å². The van der Waals surface area contributed by atoms with Gasteiger partial charge in [0.1, 0.15) is 11.2 Å². The average Bonchev–Trinajstić information content (AvgIpc) is 3.61. The predicted octanol–water partition coefficient (Wildman–Crippen LogP) is 14.9. The van der Waals surface area contributed by atoms with Gasteiger partial charge in [0.15, 0.2) is 0 Å². The van der Waals surface area contributed by atoms with E-state index >= 15 is 0 Å². The summed E-state index contributed by atoms with van der Waals surface area (Å²) in [7, 11) is 0. The molecule has 0 aliphatic heterocycles. The Balaban J connectivity index is 1.15. The lowest BCUT2D eigenvalue weighted by molar-refractivity contribution is 0.670. The van der Waals surface area contributed by atoms with Crippen molar-refractivity contribution in [1.29, 1.82) is 0 Å². The molecule has 0 N–H and O–H groups in total. The molecule has 0 aliphatic carbocycles. The van der Waals surface area contributed by atoms with Crippen LogP contribution < -0.4 is 0 Å². The molecule has 0 bridgehead atoms. The van der Waals surface area contributed by atoms with Crippen molar-refractivity contribution >= 4 is 65.0 Å². The first kappa shape index (κ1) is 29.7. The number of furan rings is 1. The first-order valence-electron chi connectivity index (χ1n) is 18.3. The maximum absolute atomic E-state index is 6.58. The van der Waals surface area contributed by atoms with Crippen molar-refractivity contribution < 1.29 is 4.42 Å². The van der Waals surface area contributed by atoms with Crippen LogP contribution in [-0.4, -0.2) is 0 Å². The van der Waals surface area contributed by atoms with Crippen LogP contribution in [0.15, 0.2) is 199 Å². The van der Waals surface area contributed by atoms with Gasteiger partial charge in [0.25, 0.3) is 0 Å². The number of para-hydroxylation sites is 1. The van der Waals surface area contributed by atoms with Crippen molar-refractivity contribution in [2.24, 2.45) is 0 Å². The molecule has 10 aromatic carbocycles. The van der Waals surface area contributed by atoms with Gasteiger partial charge in [-0.15, -0.1) is 0 Å². The Hall–Kier alpha value is -6.96. The van der Waals surface area contributed by atoms with Gasteiger partial charge < -0.3 is 4.42 Å². The third-order valence-electron chi connectivity index (χ3n) is 11.1. The number of hydrogen-bond acceptors (Lipinski definition) is 1. The fourth-order valence-electron chi connectivity index (χ4n) is 8.65. The van der Waals surface area contributed by atoms with Crippen molar-refractivity contribution in [3.05, 3.63) is 194 Å². The fraction of sp³-hybridized carbons (Fsp3) is 0. The molecule has 0 saturated carbocycles. The van der Waals surface area contributed by atoms with Gasteiger partial charge in [0.2, 0.25) is 0 Å². The topological polar surface area (TPSA) is 13.1 Å². The normalized spacial score (nSPS) is 11.8. The number of fused-ring (bicyclic) bond motifs is 7. The van der Waals surface area contributed by atoms with Gasteiger partial charge in [0.05, 0.1) is 0 Å². The molecular weight excluding hydrogens is 641 g/mol. The summed E-state index contributed by atoms with van der Waals surface area (Å²) >= 11 is 0. The summed E-state index contributed by atoms with van der Waals surface area (Å²) in [5.74, 6) is 0. The Bertz CT molecular complexity index is 3160. The molecule has 1 heteroatoms. The Labute approximate surface area is 307 Å². The summed E-state index contributed by atoms with van der Waals surface area (Å²) in [6, 6.07) is 70.5. The summed E-state index contributed by atoms with van der Waals surface area (Å²) in [6.45, 7) is 0. The Morgan fingerprint density at radius 3 is 1.57 bits per heavy atom. The molecule has 11 rings (SSSR count). The van der Waals surface area contributed by atoms with Crippen molar-refractivity contribution in [2.45, 2.75) is 0 Å². The second-order valence-corrected chi connectivity index (χ2v) is 14.0. The third kappa shape index (κ3) is 4.64. The van der Waals surface area contributed by atoms with E-state index in [1.165, 1.54) is 76.5 Å². The van der Waals surface area contributed by atoms with Gasteiger partial charge >= 0.3 is 0 Å². The number of benzene rings is 10. The minimum atomic E-state index is 0.898. The molecule has 1 aromatic heterocycles. The Kier molecular flexibility index (Phi) is 6.62. The zero-order valence-electron chi connectivity index (χ0n) is 28.9. The van der Waals surface area contributed by atoms with Gasteiger partial charge in [-0.05, 0) is 100 Å². The zero-order valence-corrected chi connectivity index (χ0v) is 28.9. The zero-order chi connectivity index (χ0) is 34.9. The average molecular weight is 673 g/mol. The second kappa shape index (κ2) is 11.8. The molecule has 1 nitrogen and oxygen atoms in total. The molecule has 0 unspecified atom stereocenters. The molecule has 0 radical (unpaired) electrons. The van der Waals surface area contributed by atoms with Crippen LogP contribution in [0.1, 0.15) is 0 Å². The lowest BCUT2D eigenvalue weighted by Gasteiger charge is -2.20. The fourth-order valence-corrected chi connectivity index (χ4v) is 8.65. The third-order valence-corrected chi connectivity index (χ3v) is 11.1. The molecule has 0 atom stereocenters. The van der Waals surface area contributed by atoms with E-state index < -0.39 is 0 Å². The molecule has 0 saturated heterocycles. The molecule has 0 fully saturated rings. The summed E-state index contributed by atoms with van der Waals surface area (Å²) in [5.41, 5.74) is 11.5. The first-order chi connectivity index (χ1) is 26.3. The highest BCUT2D eigenvalue weighted by Gasteiger charge is 2.20. The quantitative estimate of drug-likeness (QED) is 0.170. The lowest BCUT2D eigenvalue weighted by atomic mass is 9.83. The van der Waals surface area contributed by atoms with E-state index in [0.29, 0.717) is 0 Å². The van der Waals surface area contributed by atoms with Gasteiger partial charge in [-0.25, -0.2) is 0 Å². The number of rotatable bonds is 4. The predicted molar refractivity (Wildman–Crippen MR) is 225 cm³/mol. The second-order valence-electron chi connectivity index (χ2n) is 14.0. The molecule has 0 amide bonds. The molecule has 1 heterocycles. The monoisotopic (exact) mass is 672 g/mol. The van der Waals surface area contributed by atoms with Crippen molar-refractivity contribution in [1.82, 2.24) is 0 Å². The highest BCUT2D eigenvalue weighted by molar-refractivity contribution is 6.25. The van der Waals surface area contributed by atoms with E-state index in [1.54, 1.807) is 0 Å². The van der Waals surface area contributed by atoms with E-state index in [2.05, 4.69) is 194 Å². The Morgan fingerprint density at radius 2 is 0.830 bits per heavy atom. The number of hydrogen-bond donors (Lipinski definition) is 0. The summed E-state index contributed by atoms with van der Waals surface area (Å²) in [5, 5.41) is 12.2. The van der Waals surface area contributed by atoms with E-state index in [4.69, 9.17) is 4.42 Å². The van der Waals surface area contributed by atoms with Crippen LogP contribution in [0.4, 0.5) is 0 Å². The largest absolute Gasteiger partial charge is 0.455 e. The van der Waals surface area contributed by atoms with Crippen LogP contribution in [0.5, 0.6) is 0 Å². The molecule has 53 heavy (non-hydrogen) atoms. The van der Waals surface area contributed by atoms with E-state index in [-0.39, 0.29) is 0 Å². The standard InChI is InChI=1S/C52H32O/c1-2-14-34(15-3-1)39-23-12-24-47-48-32-37(27-30-49(48)53-52(39)47)50-42-19-8-10-21-44(42)51(45-22-11-9-20-43(45)50)46-29-28-38(40-17-6-7-18-41(40)46)36-26-25-33-13-4-5-16-35(33)31-36/h1-32H. The molecular formula is C52H32O. The van der Waals surface area contributed by atoms with E-state index in [1.807, 2.05) is 0 Å². The van der Waals surface area contributed by atoms with Gasteiger partial charge in [0, 0.05) is 16.3 Å². The van der Waals surface area contributed by atoms with Crippen LogP contribution >= 0.6 is 0 Å². The minimum absolute atomic E-state index is 0.898. The molecule has 0 aliphatic rings. The highest BCUT2D eigenvalue weighted by atomic mass is 16.3. The van der Waals surface area contributed by atoms with Crippen LogP contribution in [0.3, 0.4) is 0 Å².